The summed E-state index contributed by atoms with van der Waals surface area (Å²) in [6, 6.07) is 16.9. The van der Waals surface area contributed by atoms with Crippen LogP contribution < -0.4 is 0 Å². The molecule has 0 saturated carbocycles. The van der Waals surface area contributed by atoms with Crippen molar-refractivity contribution in [3.8, 4) is 0 Å². The van der Waals surface area contributed by atoms with Crippen LogP contribution in [0.5, 0.6) is 0 Å². The number of benzene rings is 3. The molecule has 0 saturated heterocycles. The molecule has 0 atom stereocenters. The van der Waals surface area contributed by atoms with E-state index in [1.165, 1.54) is 27.1 Å². The fourth-order valence-corrected chi connectivity index (χ4v) is 2.38. The van der Waals surface area contributed by atoms with E-state index in [-0.39, 0.29) is 6.61 Å². The Morgan fingerprint density at radius 3 is 2.29 bits per heavy atom. The number of aliphatic hydroxyl groups excluding tert-OH is 1. The highest BCUT2D eigenvalue weighted by molar-refractivity contribution is 5.99. The van der Waals surface area contributed by atoms with E-state index >= 15 is 0 Å². The summed E-state index contributed by atoms with van der Waals surface area (Å²) >= 11 is 0. The molecule has 0 aliphatic rings. The summed E-state index contributed by atoms with van der Waals surface area (Å²) in [6.07, 6.45) is 0. The van der Waals surface area contributed by atoms with Crippen LogP contribution in [0, 0.1) is 6.92 Å². The van der Waals surface area contributed by atoms with E-state index in [2.05, 4.69) is 49.4 Å². The average molecular weight is 222 g/mol. The fourth-order valence-electron chi connectivity index (χ4n) is 2.38. The fraction of sp³-hybridized carbons (Fsp3) is 0.125. The molecule has 1 nitrogen and oxygen atoms in total. The average Bonchev–Trinajstić information content (AvgIpc) is 2.37. The third kappa shape index (κ3) is 1.60. The van der Waals surface area contributed by atoms with E-state index in [1.807, 2.05) is 6.07 Å². The minimum Gasteiger partial charge on any atom is -0.392 e. The van der Waals surface area contributed by atoms with E-state index in [0.717, 1.165) is 5.56 Å². The second kappa shape index (κ2) is 3.86. The zero-order chi connectivity index (χ0) is 11.8. The van der Waals surface area contributed by atoms with E-state index in [9.17, 15) is 5.11 Å². The topological polar surface area (TPSA) is 20.2 Å². The number of hydrogen-bond acceptors (Lipinski definition) is 1. The molecule has 0 aromatic heterocycles. The quantitative estimate of drug-likeness (QED) is 0.621. The van der Waals surface area contributed by atoms with Gasteiger partial charge in [0, 0.05) is 0 Å². The number of aryl methyl sites for hydroxylation is 1. The molecule has 0 spiro atoms. The van der Waals surface area contributed by atoms with Gasteiger partial charge < -0.3 is 5.11 Å². The molecule has 1 heteroatoms. The summed E-state index contributed by atoms with van der Waals surface area (Å²) in [7, 11) is 0. The molecule has 0 aliphatic heterocycles. The van der Waals surface area contributed by atoms with Gasteiger partial charge in [-0.3, -0.25) is 0 Å². The van der Waals surface area contributed by atoms with Crippen LogP contribution in [-0.2, 0) is 6.61 Å². The van der Waals surface area contributed by atoms with Crippen molar-refractivity contribution in [2.75, 3.05) is 0 Å². The molecule has 3 aromatic rings. The van der Waals surface area contributed by atoms with E-state index in [4.69, 9.17) is 0 Å². The molecule has 0 unspecified atom stereocenters. The standard InChI is InChI=1S/C16H14O/c1-11-15(10-17)7-6-14-8-12-4-2-3-5-13(12)9-16(11)14/h2-9,17H,10H2,1H3. The first-order valence-corrected chi connectivity index (χ1v) is 5.81. The van der Waals surface area contributed by atoms with Crippen LogP contribution in [0.25, 0.3) is 21.5 Å². The Balaban J connectivity index is 2.44. The van der Waals surface area contributed by atoms with Gasteiger partial charge in [0.2, 0.25) is 0 Å². The van der Waals surface area contributed by atoms with Gasteiger partial charge in [-0.25, -0.2) is 0 Å². The van der Waals surface area contributed by atoms with Crippen LogP contribution in [0.1, 0.15) is 11.1 Å². The SMILES string of the molecule is Cc1c(CO)ccc2cc3ccccc3cc12. The predicted octanol–water partition coefficient (Wildman–Crippen LogP) is 3.79. The summed E-state index contributed by atoms with van der Waals surface area (Å²) < 4.78 is 0. The van der Waals surface area contributed by atoms with Gasteiger partial charge in [-0.2, -0.15) is 0 Å². The molecule has 1 N–H and O–H groups in total. The zero-order valence-electron chi connectivity index (χ0n) is 9.77. The lowest BCUT2D eigenvalue weighted by Gasteiger charge is -2.08. The lowest BCUT2D eigenvalue weighted by Crippen LogP contribution is -1.90. The highest BCUT2D eigenvalue weighted by atomic mass is 16.3. The predicted molar refractivity (Wildman–Crippen MR) is 72.1 cm³/mol. The lowest BCUT2D eigenvalue weighted by atomic mass is 9.97. The summed E-state index contributed by atoms with van der Waals surface area (Å²) in [5.74, 6) is 0. The number of fused-ring (bicyclic) bond motifs is 2. The molecule has 3 rings (SSSR count). The van der Waals surface area contributed by atoms with Crippen molar-refractivity contribution in [3.05, 3.63) is 59.7 Å². The van der Waals surface area contributed by atoms with E-state index in [1.54, 1.807) is 0 Å². The third-order valence-corrected chi connectivity index (χ3v) is 3.44. The largest absolute Gasteiger partial charge is 0.392 e. The molecule has 0 heterocycles. The van der Waals surface area contributed by atoms with Crippen molar-refractivity contribution in [3.63, 3.8) is 0 Å². The smallest absolute Gasteiger partial charge is 0.0684 e. The second-order valence-corrected chi connectivity index (χ2v) is 4.43. The Morgan fingerprint density at radius 2 is 1.59 bits per heavy atom. The van der Waals surface area contributed by atoms with Crippen LogP contribution in [0.15, 0.2) is 48.5 Å². The summed E-state index contributed by atoms with van der Waals surface area (Å²) in [4.78, 5) is 0. The second-order valence-electron chi connectivity index (χ2n) is 4.43. The zero-order valence-corrected chi connectivity index (χ0v) is 9.77. The maximum absolute atomic E-state index is 9.29. The molecule has 17 heavy (non-hydrogen) atoms. The van der Waals surface area contributed by atoms with Crippen LogP contribution in [0.4, 0.5) is 0 Å². The first kappa shape index (κ1) is 10.3. The maximum atomic E-state index is 9.29. The Morgan fingerprint density at radius 1 is 0.882 bits per heavy atom. The van der Waals surface area contributed by atoms with Crippen molar-refractivity contribution in [1.82, 2.24) is 0 Å². The normalized spacial score (nSPS) is 11.2. The van der Waals surface area contributed by atoms with Gasteiger partial charge in [0.1, 0.15) is 0 Å². The minimum atomic E-state index is 0.106. The highest BCUT2D eigenvalue weighted by Gasteiger charge is 2.04. The highest BCUT2D eigenvalue weighted by Crippen LogP contribution is 2.27. The molecule has 0 bridgehead atoms. The summed E-state index contributed by atoms with van der Waals surface area (Å²) in [5.41, 5.74) is 2.18. The molecule has 84 valence electrons. The molecule has 0 aliphatic carbocycles. The van der Waals surface area contributed by atoms with Crippen LogP contribution in [0.3, 0.4) is 0 Å². The van der Waals surface area contributed by atoms with Crippen molar-refractivity contribution in [1.29, 1.82) is 0 Å². The van der Waals surface area contributed by atoms with Crippen LogP contribution in [-0.4, -0.2) is 5.11 Å². The van der Waals surface area contributed by atoms with Crippen molar-refractivity contribution >= 4 is 21.5 Å². The van der Waals surface area contributed by atoms with Crippen LogP contribution in [0.2, 0.25) is 0 Å². The monoisotopic (exact) mass is 222 g/mol. The van der Waals surface area contributed by atoms with Crippen molar-refractivity contribution < 1.29 is 5.11 Å². The Hall–Kier alpha value is -1.86. The van der Waals surface area contributed by atoms with E-state index < -0.39 is 0 Å². The van der Waals surface area contributed by atoms with Gasteiger partial charge in [0.25, 0.3) is 0 Å². The van der Waals surface area contributed by atoms with Crippen LogP contribution >= 0.6 is 0 Å². The Kier molecular flexibility index (Phi) is 2.34. The number of aliphatic hydroxyl groups is 1. The van der Waals surface area contributed by atoms with Crippen molar-refractivity contribution in [2.24, 2.45) is 0 Å². The molecule has 0 fully saturated rings. The molecule has 3 aromatic carbocycles. The molecule has 0 amide bonds. The van der Waals surface area contributed by atoms with Gasteiger partial charge >= 0.3 is 0 Å². The molecule has 0 radical (unpaired) electrons. The first-order chi connectivity index (χ1) is 8.29. The van der Waals surface area contributed by atoms with Gasteiger partial charge in [-0.15, -0.1) is 0 Å². The maximum Gasteiger partial charge on any atom is 0.0684 e. The van der Waals surface area contributed by atoms with Gasteiger partial charge in [-0.1, -0.05) is 36.4 Å². The Labute approximate surface area is 100 Å². The first-order valence-electron chi connectivity index (χ1n) is 5.81. The third-order valence-electron chi connectivity index (χ3n) is 3.44. The minimum absolute atomic E-state index is 0.106. The lowest BCUT2D eigenvalue weighted by molar-refractivity contribution is 0.281. The summed E-state index contributed by atoms with van der Waals surface area (Å²) in [5, 5.41) is 14.3. The van der Waals surface area contributed by atoms with Gasteiger partial charge in [-0.05, 0) is 51.7 Å². The number of rotatable bonds is 1. The molecular weight excluding hydrogens is 208 g/mol. The van der Waals surface area contributed by atoms with Gasteiger partial charge in [0.15, 0.2) is 0 Å². The van der Waals surface area contributed by atoms with E-state index in [0.29, 0.717) is 0 Å². The summed E-state index contributed by atoms with van der Waals surface area (Å²) in [6.45, 7) is 2.18. The Bertz CT molecular complexity index is 698. The molecular formula is C16H14O. The number of hydrogen-bond donors (Lipinski definition) is 1. The van der Waals surface area contributed by atoms with Gasteiger partial charge in [0.05, 0.1) is 6.61 Å². The van der Waals surface area contributed by atoms with Crippen molar-refractivity contribution in [2.45, 2.75) is 13.5 Å².